The molecule has 1 rings (SSSR count). The van der Waals surface area contributed by atoms with Gasteiger partial charge in [0.1, 0.15) is 0 Å². The molecule has 1 fully saturated rings. The van der Waals surface area contributed by atoms with Crippen LogP contribution in [0.15, 0.2) is 0 Å². The molecule has 0 spiro atoms. The molecule has 0 aromatic rings. The first-order valence-electron chi connectivity index (χ1n) is 2.59. The molecule has 0 bridgehead atoms. The van der Waals surface area contributed by atoms with Crippen molar-refractivity contribution in [2.45, 2.75) is 12.2 Å². The third-order valence-electron chi connectivity index (χ3n) is 1.03. The van der Waals surface area contributed by atoms with Crippen LogP contribution >= 0.6 is 23.5 Å². The second-order valence-electron chi connectivity index (χ2n) is 1.68. The van der Waals surface area contributed by atoms with Gasteiger partial charge in [0.25, 0.3) is 0 Å². The molecule has 3 heteroatoms. The van der Waals surface area contributed by atoms with Crippen molar-refractivity contribution in [3.8, 4) is 0 Å². The highest BCUT2D eigenvalue weighted by atomic mass is 32.2. The van der Waals surface area contributed by atoms with Crippen molar-refractivity contribution in [1.82, 2.24) is 0 Å². The van der Waals surface area contributed by atoms with E-state index in [1.807, 2.05) is 6.92 Å². The summed E-state index contributed by atoms with van der Waals surface area (Å²) in [6, 6.07) is 0. The summed E-state index contributed by atoms with van der Waals surface area (Å²) in [6.07, 6.45) is 0. The topological polar surface area (TPSA) is 17.1 Å². The molecular formula is C5H8OS2. The third-order valence-corrected chi connectivity index (χ3v) is 3.64. The van der Waals surface area contributed by atoms with Crippen LogP contribution in [0.2, 0.25) is 0 Å². The van der Waals surface area contributed by atoms with Crippen molar-refractivity contribution in [2.24, 2.45) is 0 Å². The van der Waals surface area contributed by atoms with Crippen LogP contribution in [-0.2, 0) is 4.79 Å². The lowest BCUT2D eigenvalue weighted by atomic mass is 10.5. The van der Waals surface area contributed by atoms with Gasteiger partial charge < -0.3 is 0 Å². The second kappa shape index (κ2) is 2.78. The molecule has 0 N–H and O–H groups in total. The highest BCUT2D eigenvalue weighted by Crippen LogP contribution is 2.24. The van der Waals surface area contributed by atoms with Crippen LogP contribution in [0.25, 0.3) is 0 Å². The third kappa shape index (κ3) is 1.42. The van der Waals surface area contributed by atoms with E-state index in [1.165, 1.54) is 11.8 Å². The van der Waals surface area contributed by atoms with E-state index in [1.54, 1.807) is 11.8 Å². The highest BCUT2D eigenvalue weighted by Gasteiger charge is 2.17. The number of hydrogen-bond donors (Lipinski definition) is 0. The molecule has 1 heterocycles. The molecule has 0 radical (unpaired) electrons. The minimum Gasteiger partial charge on any atom is -0.286 e. The van der Waals surface area contributed by atoms with E-state index in [0.29, 0.717) is 5.12 Å². The van der Waals surface area contributed by atoms with Gasteiger partial charge in [-0.3, -0.25) is 4.79 Å². The summed E-state index contributed by atoms with van der Waals surface area (Å²) in [5.41, 5.74) is 0. The first kappa shape index (κ1) is 6.49. The molecule has 1 aliphatic rings. The zero-order valence-electron chi connectivity index (χ0n) is 4.72. The van der Waals surface area contributed by atoms with E-state index >= 15 is 0 Å². The van der Waals surface area contributed by atoms with Crippen LogP contribution in [-0.4, -0.2) is 21.9 Å². The average Bonchev–Trinajstić information content (AvgIpc) is 1.77. The normalized spacial score (nSPS) is 30.6. The molecule has 1 atom stereocenters. The maximum absolute atomic E-state index is 10.7. The predicted octanol–water partition coefficient (Wildman–Crippen LogP) is 1.38. The van der Waals surface area contributed by atoms with Gasteiger partial charge in [0.15, 0.2) is 0 Å². The molecule has 0 saturated carbocycles. The number of hydrogen-bond acceptors (Lipinski definition) is 3. The lowest BCUT2D eigenvalue weighted by Gasteiger charge is -2.13. The van der Waals surface area contributed by atoms with Gasteiger partial charge in [-0.05, 0) is 6.92 Å². The van der Waals surface area contributed by atoms with Crippen LogP contribution in [0, 0.1) is 0 Å². The number of thioether (sulfide) groups is 2. The molecule has 1 aliphatic heterocycles. The number of rotatable bonds is 0. The van der Waals surface area contributed by atoms with Crippen molar-refractivity contribution >= 4 is 28.6 Å². The standard InChI is InChI=1S/C5H8OS2/c1-4-5(6)8-3-2-7-4/h4H,2-3H2,1H3. The fraction of sp³-hybridized carbons (Fsp3) is 0.800. The molecule has 0 amide bonds. The maximum atomic E-state index is 10.7. The van der Waals surface area contributed by atoms with E-state index in [9.17, 15) is 4.79 Å². The highest BCUT2D eigenvalue weighted by molar-refractivity contribution is 8.18. The minimum absolute atomic E-state index is 0.244. The zero-order valence-corrected chi connectivity index (χ0v) is 6.35. The van der Waals surface area contributed by atoms with E-state index in [2.05, 4.69) is 0 Å². The summed E-state index contributed by atoms with van der Waals surface area (Å²) in [7, 11) is 0. The Balaban J connectivity index is 2.39. The van der Waals surface area contributed by atoms with Gasteiger partial charge in [-0.15, -0.1) is 11.8 Å². The summed E-state index contributed by atoms with van der Waals surface area (Å²) in [4.78, 5) is 10.7. The Morgan fingerprint density at radius 1 is 1.62 bits per heavy atom. The van der Waals surface area contributed by atoms with E-state index in [4.69, 9.17) is 0 Å². The van der Waals surface area contributed by atoms with Crippen molar-refractivity contribution in [1.29, 1.82) is 0 Å². The van der Waals surface area contributed by atoms with Crippen molar-refractivity contribution in [2.75, 3.05) is 11.5 Å². The van der Waals surface area contributed by atoms with Crippen LogP contribution in [0.3, 0.4) is 0 Å². The van der Waals surface area contributed by atoms with E-state index < -0.39 is 0 Å². The number of carbonyl (C=O) groups is 1. The van der Waals surface area contributed by atoms with Gasteiger partial charge in [-0.1, -0.05) is 11.8 Å². The molecule has 0 aromatic heterocycles. The quantitative estimate of drug-likeness (QED) is 0.516. The van der Waals surface area contributed by atoms with Crippen molar-refractivity contribution in [3.05, 3.63) is 0 Å². The van der Waals surface area contributed by atoms with Crippen LogP contribution in [0.4, 0.5) is 0 Å². The zero-order chi connectivity index (χ0) is 5.98. The predicted molar refractivity (Wildman–Crippen MR) is 39.4 cm³/mol. The van der Waals surface area contributed by atoms with Gasteiger partial charge in [0.05, 0.1) is 5.25 Å². The Morgan fingerprint density at radius 2 is 2.38 bits per heavy atom. The molecule has 0 aromatic carbocycles. The summed E-state index contributed by atoms with van der Waals surface area (Å²) < 4.78 is 0. The first-order valence-corrected chi connectivity index (χ1v) is 4.62. The van der Waals surface area contributed by atoms with Crippen LogP contribution in [0.1, 0.15) is 6.92 Å². The second-order valence-corrected chi connectivity index (χ2v) is 4.23. The Morgan fingerprint density at radius 3 is 2.75 bits per heavy atom. The Labute approximate surface area is 57.6 Å². The van der Waals surface area contributed by atoms with E-state index in [0.717, 1.165) is 11.5 Å². The Hall–Kier alpha value is 0.370. The summed E-state index contributed by atoms with van der Waals surface area (Å²) in [5, 5.41) is 0.593. The largest absolute Gasteiger partial charge is 0.286 e. The smallest absolute Gasteiger partial charge is 0.201 e. The molecule has 0 aliphatic carbocycles. The van der Waals surface area contributed by atoms with Gasteiger partial charge >= 0.3 is 0 Å². The Kier molecular flexibility index (Phi) is 2.26. The van der Waals surface area contributed by atoms with Crippen LogP contribution < -0.4 is 0 Å². The lowest BCUT2D eigenvalue weighted by Crippen LogP contribution is -2.15. The SMILES string of the molecule is CC1SCCSC1=O. The lowest BCUT2D eigenvalue weighted by molar-refractivity contribution is -0.110. The minimum atomic E-state index is 0.244. The molecule has 1 saturated heterocycles. The number of carbonyl (C=O) groups excluding carboxylic acids is 1. The maximum Gasteiger partial charge on any atom is 0.201 e. The fourth-order valence-electron chi connectivity index (χ4n) is 0.553. The van der Waals surface area contributed by atoms with Crippen molar-refractivity contribution < 1.29 is 4.79 Å². The van der Waals surface area contributed by atoms with E-state index in [-0.39, 0.29) is 5.25 Å². The van der Waals surface area contributed by atoms with Crippen molar-refractivity contribution in [3.63, 3.8) is 0 Å². The monoisotopic (exact) mass is 148 g/mol. The fourth-order valence-corrected chi connectivity index (χ4v) is 2.60. The van der Waals surface area contributed by atoms with Crippen LogP contribution in [0.5, 0.6) is 0 Å². The summed E-state index contributed by atoms with van der Waals surface area (Å²) in [5.74, 6) is 2.14. The van der Waals surface area contributed by atoms with Gasteiger partial charge in [0.2, 0.25) is 5.12 Å². The molecule has 46 valence electrons. The average molecular weight is 148 g/mol. The molecule has 1 unspecified atom stereocenters. The van der Waals surface area contributed by atoms with Gasteiger partial charge in [0, 0.05) is 11.5 Å². The summed E-state index contributed by atoms with van der Waals surface area (Å²) >= 11 is 3.22. The Bertz CT molecular complexity index is 103. The van der Waals surface area contributed by atoms with Gasteiger partial charge in [-0.25, -0.2) is 0 Å². The van der Waals surface area contributed by atoms with Gasteiger partial charge in [-0.2, -0.15) is 0 Å². The first-order chi connectivity index (χ1) is 3.80. The summed E-state index contributed by atoms with van der Waals surface area (Å²) in [6.45, 7) is 1.97. The molecule has 1 nitrogen and oxygen atoms in total. The molecule has 8 heavy (non-hydrogen) atoms. The molecular weight excluding hydrogens is 140 g/mol.